The second-order valence-corrected chi connectivity index (χ2v) is 49.0. The number of methoxy groups -OCH3 is 2. The summed E-state index contributed by atoms with van der Waals surface area (Å²) in [6.07, 6.45) is 14.5. The fourth-order valence-corrected chi connectivity index (χ4v) is 33.6. The number of hydrogen-bond acceptors (Lipinski definition) is 2. The van der Waals surface area contributed by atoms with Crippen LogP contribution in [0.25, 0.3) is 45.6 Å². The highest BCUT2D eigenvalue weighted by Gasteiger charge is 2.60. The molecule has 12 rings (SSSR count). The Morgan fingerprint density at radius 1 is 0.398 bits per heavy atom. The van der Waals surface area contributed by atoms with Gasteiger partial charge >= 0.3 is 0 Å². The summed E-state index contributed by atoms with van der Waals surface area (Å²) >= 11 is 0. The first-order valence-electron chi connectivity index (χ1n) is 39.8. The van der Waals surface area contributed by atoms with Gasteiger partial charge in [-0.25, -0.2) is 0 Å². The summed E-state index contributed by atoms with van der Waals surface area (Å²) in [6.45, 7) is 76.7. The Balaban J connectivity index is 0.000000213. The molecule has 6 aliphatic rings. The average Bonchev–Trinajstić information content (AvgIpc) is 1.58. The molecule has 0 aliphatic heterocycles. The van der Waals surface area contributed by atoms with Gasteiger partial charge in [0.2, 0.25) is 0 Å². The van der Waals surface area contributed by atoms with E-state index in [2.05, 4.69) is 329 Å². The topological polar surface area (TPSA) is 18.5 Å². The van der Waals surface area contributed by atoms with Gasteiger partial charge in [0.25, 0.3) is 0 Å². The highest BCUT2D eigenvalue weighted by Crippen LogP contribution is 2.68. The van der Waals surface area contributed by atoms with E-state index in [9.17, 15) is 0 Å². The van der Waals surface area contributed by atoms with Crippen LogP contribution in [0, 0.1) is 109 Å². The molecule has 0 heterocycles. The first-order chi connectivity index (χ1) is 47.7. The molecule has 4 heteroatoms. The van der Waals surface area contributed by atoms with Gasteiger partial charge in [0.05, 0.1) is 30.4 Å². The van der Waals surface area contributed by atoms with E-state index in [4.69, 9.17) is 9.47 Å². The molecular weight excluding hydrogens is 1280 g/mol. The number of aryl methyl sites for hydroxylation is 8. The van der Waals surface area contributed by atoms with Crippen LogP contribution in [0.5, 0.6) is 5.75 Å². The minimum Gasteiger partial charge on any atom is -0.496 e. The zero-order chi connectivity index (χ0) is 76.4. The highest BCUT2D eigenvalue weighted by molar-refractivity contribution is 6.82. The van der Waals surface area contributed by atoms with Crippen molar-refractivity contribution in [2.24, 2.45) is 46.3 Å². The van der Waals surface area contributed by atoms with E-state index in [0.29, 0.717) is 46.6 Å². The van der Waals surface area contributed by atoms with E-state index in [1.165, 1.54) is 153 Å². The molecule has 6 aromatic carbocycles. The summed E-state index contributed by atoms with van der Waals surface area (Å²) in [5.74, 6) is 5.80. The van der Waals surface area contributed by atoms with Crippen molar-refractivity contribution in [2.45, 2.75) is 272 Å². The molecule has 2 nitrogen and oxygen atoms in total. The van der Waals surface area contributed by atoms with Crippen LogP contribution in [-0.4, -0.2) is 30.4 Å². The fraction of sp³-hybridized carbons (Fsp3) is 0.515. The summed E-state index contributed by atoms with van der Waals surface area (Å²) in [4.78, 5) is 0. The Morgan fingerprint density at radius 3 is 1.11 bits per heavy atom. The Hall–Kier alpha value is -6.21. The third-order valence-electron chi connectivity index (χ3n) is 25.2. The first-order valence-corrected chi connectivity index (χ1v) is 46.1. The van der Waals surface area contributed by atoms with Crippen molar-refractivity contribution in [2.75, 3.05) is 14.2 Å². The normalized spacial score (nSPS) is 23.4. The average molecular weight is 1410 g/mol. The zero-order valence-electron chi connectivity index (χ0n) is 71.1. The molecule has 103 heavy (non-hydrogen) atoms. The predicted octanol–water partition coefficient (Wildman–Crippen LogP) is 28.8. The van der Waals surface area contributed by atoms with Crippen molar-refractivity contribution in [1.82, 2.24) is 0 Å². The van der Waals surface area contributed by atoms with E-state index in [0.717, 1.165) is 22.6 Å². The van der Waals surface area contributed by atoms with Crippen LogP contribution in [0.1, 0.15) is 256 Å². The molecule has 6 aromatic rings. The second-order valence-electron chi connectivity index (χ2n) is 39.3. The summed E-state index contributed by atoms with van der Waals surface area (Å²) in [7, 11) is -0.263. The number of fused-ring (bicyclic) bond motifs is 4. The van der Waals surface area contributed by atoms with Crippen molar-refractivity contribution in [3.63, 3.8) is 0 Å². The standard InChI is InChI=1S/C48H68OSi.C48H60OSi.C3H8/c2*1-27-17-28(2)20-34(19-27)42-33(7)40(47(8,9)10)25-38-36(42)23-31(5)45(38)50(15,16)46-32(6)24-37-39(46)26-41(48(11,12)13)44(49-14)43(37)35-21-29(3)18-30(4)22-35;1-3-2/h17-22,25-26,31-32,36-39,45-46H,23-24H2,1-16H3;17-26,45-46H,1-16H3;3H2,1-2H3. The molecule has 0 N–H and O–H groups in total. The molecule has 10 atom stereocenters. The summed E-state index contributed by atoms with van der Waals surface area (Å²) in [5, 5.41) is 0. The molecular formula is C99H136O2Si2. The zero-order valence-corrected chi connectivity index (χ0v) is 73.1. The van der Waals surface area contributed by atoms with Gasteiger partial charge < -0.3 is 9.47 Å². The second kappa shape index (κ2) is 28.8. The van der Waals surface area contributed by atoms with E-state index < -0.39 is 16.1 Å². The predicted molar refractivity (Wildman–Crippen MR) is 458 cm³/mol. The molecule has 552 valence electrons. The van der Waals surface area contributed by atoms with Gasteiger partial charge in [-0.2, -0.15) is 0 Å². The van der Waals surface area contributed by atoms with Crippen molar-refractivity contribution >= 4 is 39.4 Å². The molecule has 2 fully saturated rings. The smallest absolute Gasteiger partial charge is 0.131 e. The molecule has 0 bridgehead atoms. The van der Waals surface area contributed by atoms with Crippen LogP contribution in [-0.2, 0) is 15.6 Å². The summed E-state index contributed by atoms with van der Waals surface area (Å²) in [6, 6.07) is 33.7. The fourth-order valence-electron chi connectivity index (χ4n) is 22.4. The van der Waals surface area contributed by atoms with Gasteiger partial charge in [-0.3, -0.25) is 0 Å². The molecule has 2 saturated carbocycles. The monoisotopic (exact) mass is 1410 g/mol. The minimum atomic E-state index is -2.14. The van der Waals surface area contributed by atoms with E-state index >= 15 is 0 Å². The molecule has 0 spiro atoms. The Kier molecular flexibility index (Phi) is 22.2. The number of rotatable bonds is 10. The van der Waals surface area contributed by atoms with Crippen molar-refractivity contribution < 1.29 is 9.47 Å². The van der Waals surface area contributed by atoms with Crippen LogP contribution < -0.4 is 4.74 Å². The van der Waals surface area contributed by atoms with Crippen LogP contribution in [0.15, 0.2) is 131 Å². The Bertz CT molecular complexity index is 4400. The van der Waals surface area contributed by atoms with Gasteiger partial charge in [0.15, 0.2) is 0 Å². The molecule has 0 radical (unpaired) electrons. The molecule has 0 saturated heterocycles. The van der Waals surface area contributed by atoms with Crippen LogP contribution in [0.3, 0.4) is 0 Å². The lowest BCUT2D eigenvalue weighted by atomic mass is 9.69. The van der Waals surface area contributed by atoms with Crippen molar-refractivity contribution in [3.05, 3.63) is 225 Å². The van der Waals surface area contributed by atoms with E-state index in [1.807, 2.05) is 14.2 Å². The lowest BCUT2D eigenvalue weighted by Crippen LogP contribution is -2.46. The van der Waals surface area contributed by atoms with Crippen molar-refractivity contribution in [1.29, 1.82) is 0 Å². The summed E-state index contributed by atoms with van der Waals surface area (Å²) < 4.78 is 12.8. The molecule has 6 aliphatic carbocycles. The SMILES string of the molecule is CCC.COC1=C(c2cc(C)cc(C)c2)C2CC(C)C([Si](C)(C)C3C(C)CC4C(c5cc(C)cc(C)c5)=C(C)C(C(C)(C)C)=CC43)C2C=C1C(C)(C)C.COc1c(C(C)(C)C)cc2c(c1-c1cc(C)cc(C)c1)C=C(C)C2[Si](C)(C)C1C(C)=Cc2c1cc(C(C)(C)C)c(C)c2-c1cc(C)cc(C)c1. The molecule has 0 aromatic heterocycles. The third-order valence-corrected chi connectivity index (χ3v) is 35.1. The molecule has 0 amide bonds. The quantitative estimate of drug-likeness (QED) is 0.127. The van der Waals surface area contributed by atoms with Crippen LogP contribution in [0.2, 0.25) is 37.3 Å². The number of benzene rings is 6. The maximum Gasteiger partial charge on any atom is 0.131 e. The lowest BCUT2D eigenvalue weighted by Gasteiger charge is -2.47. The summed E-state index contributed by atoms with van der Waals surface area (Å²) in [5.41, 5.74) is 41.9. The van der Waals surface area contributed by atoms with Crippen molar-refractivity contribution in [3.8, 4) is 28.0 Å². The van der Waals surface area contributed by atoms with Crippen LogP contribution >= 0.6 is 0 Å². The number of allylic oxidation sites excluding steroid dienone is 9. The van der Waals surface area contributed by atoms with Gasteiger partial charge in [-0.1, -0.05) is 308 Å². The largest absolute Gasteiger partial charge is 0.496 e. The highest BCUT2D eigenvalue weighted by atomic mass is 28.3. The van der Waals surface area contributed by atoms with Gasteiger partial charge in [-0.15, -0.1) is 0 Å². The Morgan fingerprint density at radius 2 is 0.738 bits per heavy atom. The lowest BCUT2D eigenvalue weighted by molar-refractivity contribution is 0.274. The number of hydrogen-bond donors (Lipinski definition) is 0. The van der Waals surface area contributed by atoms with Gasteiger partial charge in [-0.05, 0) is 248 Å². The number of ether oxygens (including phenoxy) is 2. The van der Waals surface area contributed by atoms with Gasteiger partial charge in [0.1, 0.15) is 11.5 Å². The van der Waals surface area contributed by atoms with Gasteiger partial charge in [0, 0.05) is 27.8 Å². The van der Waals surface area contributed by atoms with E-state index in [1.54, 1.807) is 22.3 Å². The van der Waals surface area contributed by atoms with Crippen LogP contribution in [0.4, 0.5) is 0 Å². The maximum absolute atomic E-state index is 6.46. The van der Waals surface area contributed by atoms with E-state index in [-0.39, 0.29) is 21.7 Å². The Labute approximate surface area is 631 Å². The first kappa shape index (κ1) is 79.4. The third kappa shape index (κ3) is 14.9. The molecule has 10 unspecified atom stereocenters. The minimum absolute atomic E-state index is 0.00510. The maximum atomic E-state index is 6.46.